The van der Waals surface area contributed by atoms with E-state index in [2.05, 4.69) is 13.9 Å². The van der Waals surface area contributed by atoms with E-state index in [1.54, 1.807) is 39.0 Å². The molecular formula is C22H23F3N2O7S. The second-order valence-electron chi connectivity index (χ2n) is 8.60. The number of alkyl halides is 3. The number of hydrogen-bond donors (Lipinski definition) is 0. The summed E-state index contributed by atoms with van der Waals surface area (Å²) in [6.07, 6.45) is 0.883. The Morgan fingerprint density at radius 3 is 2.37 bits per heavy atom. The Morgan fingerprint density at radius 1 is 1.09 bits per heavy atom. The molecule has 1 aliphatic heterocycles. The van der Waals surface area contributed by atoms with Gasteiger partial charge < -0.3 is 13.7 Å². The number of benzene rings is 1. The van der Waals surface area contributed by atoms with E-state index in [9.17, 15) is 31.2 Å². The van der Waals surface area contributed by atoms with Crippen LogP contribution in [0.5, 0.6) is 5.75 Å². The molecule has 0 N–H and O–H groups in total. The third-order valence-corrected chi connectivity index (χ3v) is 5.80. The van der Waals surface area contributed by atoms with Crippen molar-refractivity contribution in [2.24, 2.45) is 0 Å². The van der Waals surface area contributed by atoms with Gasteiger partial charge in [0.05, 0.1) is 18.5 Å². The van der Waals surface area contributed by atoms with E-state index in [-0.39, 0.29) is 5.69 Å². The Hall–Kier alpha value is -3.35. The van der Waals surface area contributed by atoms with Gasteiger partial charge in [-0.1, -0.05) is 12.1 Å². The summed E-state index contributed by atoms with van der Waals surface area (Å²) >= 11 is 0. The molecule has 0 fully saturated rings. The second-order valence-corrected chi connectivity index (χ2v) is 10.1. The van der Waals surface area contributed by atoms with Gasteiger partial charge in [-0.15, -0.1) is 0 Å². The second kappa shape index (κ2) is 9.36. The zero-order valence-corrected chi connectivity index (χ0v) is 20.1. The monoisotopic (exact) mass is 516 g/mol. The van der Waals surface area contributed by atoms with Crippen molar-refractivity contribution < 1.29 is 44.8 Å². The molecule has 35 heavy (non-hydrogen) atoms. The molecule has 0 unspecified atom stereocenters. The molecule has 0 saturated carbocycles. The van der Waals surface area contributed by atoms with Crippen LogP contribution in [0.2, 0.25) is 0 Å². The Labute approximate surface area is 199 Å². The number of halogens is 3. The van der Waals surface area contributed by atoms with Gasteiger partial charge in [0.1, 0.15) is 5.60 Å². The number of carbonyl (C=O) groups excluding carboxylic acids is 2. The number of carbonyl (C=O) groups is 2. The number of ether oxygens (including phenoxy) is 2. The van der Waals surface area contributed by atoms with E-state index in [4.69, 9.17) is 4.74 Å². The number of anilines is 1. The lowest BCUT2D eigenvalue weighted by Crippen LogP contribution is -2.39. The summed E-state index contributed by atoms with van der Waals surface area (Å²) in [5.41, 5.74) is -5.23. The third kappa shape index (κ3) is 5.84. The molecule has 2 heterocycles. The average Bonchev–Trinajstić information content (AvgIpc) is 2.75. The molecule has 0 spiro atoms. The van der Waals surface area contributed by atoms with E-state index in [1.165, 1.54) is 11.0 Å². The summed E-state index contributed by atoms with van der Waals surface area (Å²) in [4.78, 5) is 30.3. The lowest BCUT2D eigenvalue weighted by atomic mass is 9.98. The zero-order valence-electron chi connectivity index (χ0n) is 19.3. The summed E-state index contributed by atoms with van der Waals surface area (Å²) in [7, 11) is -5.09. The first-order valence-electron chi connectivity index (χ1n) is 10.4. The Morgan fingerprint density at radius 2 is 1.77 bits per heavy atom. The molecule has 1 aliphatic rings. The molecule has 1 aromatic heterocycles. The third-order valence-electron chi connectivity index (χ3n) is 4.83. The molecule has 0 saturated heterocycles. The number of aromatic nitrogens is 1. The molecule has 2 aromatic rings. The van der Waals surface area contributed by atoms with Crippen molar-refractivity contribution in [2.75, 3.05) is 18.6 Å². The first-order chi connectivity index (χ1) is 16.1. The standard InChI is InChI=1S/C22H23F3N2O7S/c1-21(2,3)33-20(29)27-11-5-6-13-7-8-14(12-16(13)27)15-9-10-17(18(26-15)19(28)32-4)34-35(30,31)22(23,24)25/h7-10,12H,5-6,11H2,1-4H3. The van der Waals surface area contributed by atoms with Crippen LogP contribution in [-0.2, 0) is 26.0 Å². The van der Waals surface area contributed by atoms with Gasteiger partial charge in [-0.2, -0.15) is 21.6 Å². The predicted octanol–water partition coefficient (Wildman–Crippen LogP) is 4.45. The van der Waals surface area contributed by atoms with Gasteiger partial charge in [0.25, 0.3) is 0 Å². The van der Waals surface area contributed by atoms with E-state index in [1.807, 2.05) is 0 Å². The topological polar surface area (TPSA) is 112 Å². The maximum atomic E-state index is 12.8. The molecule has 0 aliphatic carbocycles. The molecule has 190 valence electrons. The molecule has 0 bridgehead atoms. The average molecular weight is 516 g/mol. The molecular weight excluding hydrogens is 493 g/mol. The fourth-order valence-electron chi connectivity index (χ4n) is 3.32. The quantitative estimate of drug-likeness (QED) is 0.333. The fourth-order valence-corrected chi connectivity index (χ4v) is 3.79. The van der Waals surface area contributed by atoms with Gasteiger partial charge in [0.2, 0.25) is 0 Å². The number of aryl methyl sites for hydroxylation is 1. The molecule has 13 heteroatoms. The Kier molecular flexibility index (Phi) is 7.02. The fraction of sp³-hybridized carbons (Fsp3) is 0.409. The van der Waals surface area contributed by atoms with Crippen LogP contribution >= 0.6 is 0 Å². The number of nitrogens with zero attached hydrogens (tertiary/aromatic N) is 2. The smallest absolute Gasteiger partial charge is 0.464 e. The highest BCUT2D eigenvalue weighted by molar-refractivity contribution is 7.88. The van der Waals surface area contributed by atoms with Crippen molar-refractivity contribution in [2.45, 2.75) is 44.7 Å². The van der Waals surface area contributed by atoms with Crippen LogP contribution in [0.15, 0.2) is 30.3 Å². The summed E-state index contributed by atoms with van der Waals surface area (Å²) < 4.78 is 75.2. The van der Waals surface area contributed by atoms with Gasteiger partial charge in [0, 0.05) is 12.1 Å². The van der Waals surface area contributed by atoms with Crippen LogP contribution < -0.4 is 9.08 Å². The van der Waals surface area contributed by atoms with E-state index in [0.717, 1.165) is 25.2 Å². The van der Waals surface area contributed by atoms with E-state index < -0.39 is 44.7 Å². The van der Waals surface area contributed by atoms with Gasteiger partial charge in [0.15, 0.2) is 11.4 Å². The summed E-state index contributed by atoms with van der Waals surface area (Å²) in [6, 6.07) is 7.13. The minimum absolute atomic E-state index is 0.111. The number of esters is 1. The maximum absolute atomic E-state index is 12.8. The summed E-state index contributed by atoms with van der Waals surface area (Å²) in [5.74, 6) is -2.14. The molecule has 1 aromatic carbocycles. The van der Waals surface area contributed by atoms with Gasteiger partial charge >= 0.3 is 27.7 Å². The largest absolute Gasteiger partial charge is 0.534 e. The minimum Gasteiger partial charge on any atom is -0.464 e. The predicted molar refractivity (Wildman–Crippen MR) is 119 cm³/mol. The number of methoxy groups -OCH3 is 1. The number of amides is 1. The van der Waals surface area contributed by atoms with Crippen LogP contribution in [0, 0.1) is 0 Å². The summed E-state index contributed by atoms with van der Waals surface area (Å²) in [6.45, 7) is 5.64. The van der Waals surface area contributed by atoms with Crippen molar-refractivity contribution in [1.29, 1.82) is 0 Å². The minimum atomic E-state index is -6.04. The van der Waals surface area contributed by atoms with Crippen molar-refractivity contribution in [3.63, 3.8) is 0 Å². The van der Waals surface area contributed by atoms with E-state index >= 15 is 0 Å². The van der Waals surface area contributed by atoms with Crippen molar-refractivity contribution in [3.05, 3.63) is 41.6 Å². The van der Waals surface area contributed by atoms with Crippen LogP contribution in [0.25, 0.3) is 11.3 Å². The van der Waals surface area contributed by atoms with E-state index in [0.29, 0.717) is 24.2 Å². The van der Waals surface area contributed by atoms with Gasteiger partial charge in [-0.25, -0.2) is 14.6 Å². The van der Waals surface area contributed by atoms with Crippen molar-refractivity contribution >= 4 is 27.9 Å². The first kappa shape index (κ1) is 26.3. The van der Waals surface area contributed by atoms with Gasteiger partial charge in [-0.05, 0) is 57.4 Å². The highest BCUT2D eigenvalue weighted by atomic mass is 32.2. The lowest BCUT2D eigenvalue weighted by molar-refractivity contribution is -0.0500. The SMILES string of the molecule is COC(=O)c1nc(-c2ccc3c(c2)N(C(=O)OC(C)(C)C)CCC3)ccc1OS(=O)(=O)C(F)(F)F. The van der Waals surface area contributed by atoms with Crippen molar-refractivity contribution in [3.8, 4) is 17.0 Å². The van der Waals surface area contributed by atoms with Crippen LogP contribution in [0.4, 0.5) is 23.7 Å². The van der Waals surface area contributed by atoms with Crippen LogP contribution in [0.1, 0.15) is 43.2 Å². The number of fused-ring (bicyclic) bond motifs is 1. The lowest BCUT2D eigenvalue weighted by Gasteiger charge is -2.32. The van der Waals surface area contributed by atoms with Crippen LogP contribution in [0.3, 0.4) is 0 Å². The Bertz CT molecular complexity index is 1250. The number of rotatable bonds is 4. The van der Waals surface area contributed by atoms with Crippen LogP contribution in [-0.4, -0.2) is 50.2 Å². The van der Waals surface area contributed by atoms with Crippen molar-refractivity contribution in [1.82, 2.24) is 4.98 Å². The zero-order chi connectivity index (χ0) is 26.2. The highest BCUT2D eigenvalue weighted by Gasteiger charge is 2.49. The highest BCUT2D eigenvalue weighted by Crippen LogP contribution is 2.34. The maximum Gasteiger partial charge on any atom is 0.534 e. The van der Waals surface area contributed by atoms with Gasteiger partial charge in [-0.3, -0.25) is 4.90 Å². The molecule has 9 nitrogen and oxygen atoms in total. The summed E-state index contributed by atoms with van der Waals surface area (Å²) in [5, 5.41) is 0. The molecule has 0 radical (unpaired) electrons. The first-order valence-corrected chi connectivity index (χ1v) is 11.8. The molecule has 0 atom stereocenters. The normalized spacial score (nSPS) is 14.2. The number of pyridine rings is 1. The Balaban J connectivity index is 2.04. The molecule has 1 amide bonds. The molecule has 3 rings (SSSR count). The number of hydrogen-bond acceptors (Lipinski definition) is 8.